The molecule has 6 rings (SSSR count). The highest BCUT2D eigenvalue weighted by Crippen LogP contribution is 2.46. The predicted molar refractivity (Wildman–Crippen MR) is 137 cm³/mol. The molecule has 0 spiro atoms. The molecule has 3 aromatic carbocycles. The van der Waals surface area contributed by atoms with Gasteiger partial charge in [0.05, 0.1) is 18.1 Å². The zero-order chi connectivity index (χ0) is 24.7. The fourth-order valence-corrected chi connectivity index (χ4v) is 6.66. The van der Waals surface area contributed by atoms with Gasteiger partial charge in [0.2, 0.25) is 0 Å². The largest absolute Gasteiger partial charge is 0.448 e. The molecule has 2 atom stereocenters. The summed E-state index contributed by atoms with van der Waals surface area (Å²) in [6.07, 6.45) is 3.90. The number of nitrogens with zero attached hydrogens (tertiary/aromatic N) is 2. The normalized spacial score (nSPS) is 24.5. The Morgan fingerprint density at radius 2 is 1.53 bits per heavy atom. The van der Waals surface area contributed by atoms with Crippen LogP contribution in [0.15, 0.2) is 72.8 Å². The molecule has 3 aromatic rings. The number of carbonyl (C=O) groups excluding carboxylic acids is 1. The van der Waals surface area contributed by atoms with Crippen molar-refractivity contribution >= 4 is 6.09 Å². The van der Waals surface area contributed by atoms with Crippen LogP contribution in [-0.4, -0.2) is 34.8 Å². The van der Waals surface area contributed by atoms with E-state index in [9.17, 15) is 9.90 Å². The lowest BCUT2D eigenvalue weighted by atomic mass is 9.72. The minimum atomic E-state index is -0.971. The smallest absolute Gasteiger partial charge is 0.410 e. The van der Waals surface area contributed by atoms with E-state index < -0.39 is 5.60 Å². The Morgan fingerprint density at radius 1 is 0.944 bits per heavy atom. The Balaban J connectivity index is 1.18. The Hall–Kier alpha value is -3.62. The van der Waals surface area contributed by atoms with Gasteiger partial charge in [-0.1, -0.05) is 72.8 Å². The molecule has 182 valence electrons. The number of aliphatic hydroxyl groups is 1. The number of hydrogen-bond acceptors (Lipinski definition) is 4. The molecule has 1 aliphatic carbocycles. The van der Waals surface area contributed by atoms with E-state index in [1.165, 1.54) is 22.3 Å². The molecule has 0 aromatic heterocycles. The summed E-state index contributed by atoms with van der Waals surface area (Å²) in [7, 11) is 0. The van der Waals surface area contributed by atoms with Crippen molar-refractivity contribution in [1.82, 2.24) is 4.90 Å². The van der Waals surface area contributed by atoms with Gasteiger partial charge in [0.25, 0.3) is 0 Å². The highest BCUT2D eigenvalue weighted by molar-refractivity contribution is 5.79. The maximum atomic E-state index is 13.4. The van der Waals surface area contributed by atoms with Crippen molar-refractivity contribution in [2.45, 2.75) is 62.1 Å². The number of amides is 1. The summed E-state index contributed by atoms with van der Waals surface area (Å²) >= 11 is 0. The molecule has 0 radical (unpaired) electrons. The molecular weight excluding hydrogens is 448 g/mol. The second-order valence-electron chi connectivity index (χ2n) is 10.4. The van der Waals surface area contributed by atoms with Gasteiger partial charge in [-0.15, -0.1) is 0 Å². The van der Waals surface area contributed by atoms with Crippen LogP contribution >= 0.6 is 0 Å². The quantitative estimate of drug-likeness (QED) is 0.506. The molecule has 2 bridgehead atoms. The van der Waals surface area contributed by atoms with Gasteiger partial charge in [-0.05, 0) is 52.6 Å². The first-order chi connectivity index (χ1) is 17.6. The van der Waals surface area contributed by atoms with Gasteiger partial charge in [-0.3, -0.25) is 0 Å². The molecule has 2 heterocycles. The predicted octanol–water partition coefficient (Wildman–Crippen LogP) is 5.91. The summed E-state index contributed by atoms with van der Waals surface area (Å²) < 4.78 is 6.01. The number of carbonyl (C=O) groups is 1. The summed E-state index contributed by atoms with van der Waals surface area (Å²) in [5.74, 6) is 0.0369. The Kier molecular flexibility index (Phi) is 5.78. The number of benzene rings is 3. The van der Waals surface area contributed by atoms with Crippen molar-refractivity contribution in [3.05, 3.63) is 95.1 Å². The van der Waals surface area contributed by atoms with Crippen molar-refractivity contribution in [2.24, 2.45) is 0 Å². The molecule has 5 nitrogen and oxygen atoms in total. The van der Waals surface area contributed by atoms with Crippen molar-refractivity contribution in [3.8, 4) is 17.2 Å². The Bertz CT molecular complexity index is 1270. The maximum absolute atomic E-state index is 13.4. The second-order valence-corrected chi connectivity index (χ2v) is 10.4. The van der Waals surface area contributed by atoms with Gasteiger partial charge >= 0.3 is 6.09 Å². The number of ether oxygens (including phenoxy) is 1. The number of rotatable bonds is 4. The molecule has 36 heavy (non-hydrogen) atoms. The van der Waals surface area contributed by atoms with E-state index in [-0.39, 0.29) is 24.1 Å². The van der Waals surface area contributed by atoms with Crippen LogP contribution in [0.25, 0.3) is 11.1 Å². The van der Waals surface area contributed by atoms with Crippen LogP contribution in [0.4, 0.5) is 4.79 Å². The minimum Gasteiger partial charge on any atom is -0.448 e. The average Bonchev–Trinajstić information content (AvgIpc) is 3.21. The van der Waals surface area contributed by atoms with Crippen molar-refractivity contribution in [2.75, 3.05) is 6.61 Å². The lowest BCUT2D eigenvalue weighted by molar-refractivity contribution is -0.0891. The third-order valence-corrected chi connectivity index (χ3v) is 8.33. The van der Waals surface area contributed by atoms with Crippen LogP contribution in [0.3, 0.4) is 0 Å². The van der Waals surface area contributed by atoms with Gasteiger partial charge < -0.3 is 14.7 Å². The first-order valence-electron chi connectivity index (χ1n) is 12.9. The van der Waals surface area contributed by atoms with E-state index in [1.807, 2.05) is 41.3 Å². The fourth-order valence-electron chi connectivity index (χ4n) is 6.66. The second kappa shape index (κ2) is 9.11. The number of fused-ring (bicyclic) bond motifs is 5. The Morgan fingerprint density at radius 3 is 2.11 bits per heavy atom. The Labute approximate surface area is 211 Å². The van der Waals surface area contributed by atoms with Gasteiger partial charge in [0.1, 0.15) is 6.61 Å². The van der Waals surface area contributed by atoms with Gasteiger partial charge in [0, 0.05) is 30.8 Å². The highest BCUT2D eigenvalue weighted by atomic mass is 16.6. The van der Waals surface area contributed by atoms with E-state index in [0.29, 0.717) is 25.9 Å². The lowest BCUT2D eigenvalue weighted by Crippen LogP contribution is -2.59. The third-order valence-electron chi connectivity index (χ3n) is 8.33. The first-order valence-corrected chi connectivity index (χ1v) is 12.9. The number of piperidine rings is 2. The standard InChI is InChI=1S/C31H30N2O3/c32-17-16-21-12-14-22(15-13-21)31(35)18-23-6-5-7-24(19-31)33(23)30(34)36-20-29-27-10-3-1-8-25(27)26-9-2-4-11-28(26)29/h1-4,8-15,23-24,29,35H,5-7,16,18-20H2. The van der Waals surface area contributed by atoms with Crippen LogP contribution in [0.5, 0.6) is 0 Å². The molecule has 2 unspecified atom stereocenters. The molecule has 1 amide bonds. The average molecular weight is 479 g/mol. The third kappa shape index (κ3) is 3.86. The van der Waals surface area contributed by atoms with Crippen LogP contribution in [0, 0.1) is 11.3 Å². The van der Waals surface area contributed by atoms with E-state index in [1.54, 1.807) is 0 Å². The highest BCUT2D eigenvalue weighted by Gasteiger charge is 2.48. The maximum Gasteiger partial charge on any atom is 0.410 e. The lowest BCUT2D eigenvalue weighted by Gasteiger charge is -2.51. The van der Waals surface area contributed by atoms with Crippen LogP contribution in [-0.2, 0) is 16.8 Å². The molecule has 2 aliphatic heterocycles. The minimum absolute atomic E-state index is 0.0369. The molecule has 2 saturated heterocycles. The molecule has 5 heteroatoms. The first kappa shape index (κ1) is 22.8. The number of nitriles is 1. The summed E-state index contributed by atoms with van der Waals surface area (Å²) in [6.45, 7) is 0.313. The van der Waals surface area contributed by atoms with E-state index in [4.69, 9.17) is 10.00 Å². The van der Waals surface area contributed by atoms with Crippen molar-refractivity contribution in [3.63, 3.8) is 0 Å². The SMILES string of the molecule is N#CCc1ccc(C2(O)CC3CCCC(C2)N3C(=O)OCC2c3ccccc3-c3ccccc32)cc1. The van der Waals surface area contributed by atoms with Crippen molar-refractivity contribution < 1.29 is 14.6 Å². The van der Waals surface area contributed by atoms with Crippen LogP contribution < -0.4 is 0 Å². The van der Waals surface area contributed by atoms with Gasteiger partial charge in [0.15, 0.2) is 0 Å². The molecular formula is C31H30N2O3. The van der Waals surface area contributed by atoms with E-state index in [0.717, 1.165) is 30.4 Å². The van der Waals surface area contributed by atoms with E-state index in [2.05, 4.69) is 42.5 Å². The molecule has 1 N–H and O–H groups in total. The summed E-state index contributed by atoms with van der Waals surface area (Å²) in [6, 6.07) is 26.5. The van der Waals surface area contributed by atoms with Crippen molar-refractivity contribution in [1.29, 1.82) is 5.26 Å². The topological polar surface area (TPSA) is 73.6 Å². The fraction of sp³-hybridized carbons (Fsp3) is 0.355. The molecule has 0 saturated carbocycles. The summed E-state index contributed by atoms with van der Waals surface area (Å²) in [5.41, 5.74) is 5.69. The van der Waals surface area contributed by atoms with E-state index >= 15 is 0 Å². The summed E-state index contributed by atoms with van der Waals surface area (Å²) in [5, 5.41) is 20.6. The zero-order valence-corrected chi connectivity index (χ0v) is 20.3. The monoisotopic (exact) mass is 478 g/mol. The van der Waals surface area contributed by atoms with Crippen LogP contribution in [0.1, 0.15) is 60.3 Å². The summed E-state index contributed by atoms with van der Waals surface area (Å²) in [4.78, 5) is 15.4. The van der Waals surface area contributed by atoms with Gasteiger partial charge in [-0.25, -0.2) is 4.79 Å². The van der Waals surface area contributed by atoms with Crippen LogP contribution in [0.2, 0.25) is 0 Å². The number of hydrogen-bond donors (Lipinski definition) is 1. The molecule has 2 fully saturated rings. The van der Waals surface area contributed by atoms with Gasteiger partial charge in [-0.2, -0.15) is 5.26 Å². The molecule has 3 aliphatic rings. The zero-order valence-electron chi connectivity index (χ0n) is 20.3.